The largest absolute Gasteiger partial charge is 0.455 e. The van der Waals surface area contributed by atoms with Crippen LogP contribution < -0.4 is 0 Å². The molecule has 5 rings (SSSR count). The van der Waals surface area contributed by atoms with E-state index >= 15 is 0 Å². The van der Waals surface area contributed by atoms with Gasteiger partial charge in [-0.3, -0.25) is 9.59 Å². The highest BCUT2D eigenvalue weighted by molar-refractivity contribution is 7.91. The molecule has 6 nitrogen and oxygen atoms in total. The van der Waals surface area contributed by atoms with Gasteiger partial charge in [-0.2, -0.15) is 0 Å². The first-order chi connectivity index (χ1) is 14.2. The number of sulfonamides is 1. The summed E-state index contributed by atoms with van der Waals surface area (Å²) in [5.74, 6) is 1.69. The first kappa shape index (κ1) is 22.0. The first-order valence-corrected chi connectivity index (χ1v) is 13.3. The molecule has 0 spiro atoms. The Morgan fingerprint density at radius 2 is 1.80 bits per heavy atom. The minimum absolute atomic E-state index is 0.1000. The third-order valence-electron chi connectivity index (χ3n) is 7.25. The van der Waals surface area contributed by atoms with E-state index < -0.39 is 22.1 Å². The van der Waals surface area contributed by atoms with E-state index in [1.807, 2.05) is 0 Å². The lowest BCUT2D eigenvalue weighted by atomic mass is 9.48. The number of rotatable bonds is 9. The Kier molecular flexibility index (Phi) is 6.12. The molecule has 0 saturated heterocycles. The van der Waals surface area contributed by atoms with Gasteiger partial charge in [0.25, 0.3) is 10.0 Å². The Morgan fingerprint density at radius 1 is 1.20 bits per heavy atom. The number of hydrogen-bond acceptors (Lipinski definition) is 6. The number of ether oxygens (including phenoxy) is 1. The smallest absolute Gasteiger partial charge is 0.306 e. The Balaban J connectivity index is 1.26. The van der Waals surface area contributed by atoms with Crippen LogP contribution in [-0.4, -0.2) is 44.2 Å². The van der Waals surface area contributed by atoms with E-state index in [9.17, 15) is 18.0 Å². The van der Waals surface area contributed by atoms with Crippen molar-refractivity contribution in [3.8, 4) is 0 Å². The predicted molar refractivity (Wildman–Crippen MR) is 115 cm³/mol. The number of hydrogen-bond donors (Lipinski definition) is 0. The van der Waals surface area contributed by atoms with Crippen molar-refractivity contribution in [2.75, 3.05) is 13.6 Å². The summed E-state index contributed by atoms with van der Waals surface area (Å²) < 4.78 is 31.9. The van der Waals surface area contributed by atoms with Crippen LogP contribution in [0.25, 0.3) is 0 Å². The summed E-state index contributed by atoms with van der Waals surface area (Å²) in [4.78, 5) is 25.5. The molecule has 8 heteroatoms. The summed E-state index contributed by atoms with van der Waals surface area (Å²) in [5, 5.41) is 1.72. The van der Waals surface area contributed by atoms with Gasteiger partial charge in [0.1, 0.15) is 4.21 Å². The van der Waals surface area contributed by atoms with E-state index in [-0.39, 0.29) is 24.2 Å². The minimum atomic E-state index is -3.51. The van der Waals surface area contributed by atoms with Crippen molar-refractivity contribution in [3.05, 3.63) is 17.5 Å². The lowest BCUT2D eigenvalue weighted by molar-refractivity contribution is -0.165. The van der Waals surface area contributed by atoms with E-state index in [0.29, 0.717) is 28.4 Å². The van der Waals surface area contributed by atoms with Crippen molar-refractivity contribution < 1.29 is 22.7 Å². The molecule has 4 aliphatic carbocycles. The van der Waals surface area contributed by atoms with Gasteiger partial charge in [0.2, 0.25) is 0 Å². The fourth-order valence-electron chi connectivity index (χ4n) is 6.28. The quantitative estimate of drug-likeness (QED) is 0.530. The summed E-state index contributed by atoms with van der Waals surface area (Å²) in [7, 11) is -2.00. The zero-order valence-corrected chi connectivity index (χ0v) is 19.3. The van der Waals surface area contributed by atoms with E-state index in [0.717, 1.165) is 19.3 Å². The third kappa shape index (κ3) is 4.23. The molecule has 0 amide bonds. The van der Waals surface area contributed by atoms with Crippen molar-refractivity contribution in [3.63, 3.8) is 0 Å². The van der Waals surface area contributed by atoms with Gasteiger partial charge in [-0.15, -0.1) is 11.3 Å². The van der Waals surface area contributed by atoms with Gasteiger partial charge in [0, 0.05) is 25.4 Å². The second-order valence-corrected chi connectivity index (χ2v) is 12.8. The minimum Gasteiger partial charge on any atom is -0.455 e. The summed E-state index contributed by atoms with van der Waals surface area (Å²) in [5.41, 5.74) is -0.274. The van der Waals surface area contributed by atoms with Crippen molar-refractivity contribution in [2.24, 2.45) is 23.2 Å². The molecular formula is C22H31NO5S2. The van der Waals surface area contributed by atoms with Gasteiger partial charge in [0.05, 0.1) is 0 Å². The van der Waals surface area contributed by atoms with Crippen LogP contribution >= 0.6 is 11.3 Å². The lowest BCUT2D eigenvalue weighted by Gasteiger charge is -2.56. The van der Waals surface area contributed by atoms with Gasteiger partial charge in [-0.25, -0.2) is 12.7 Å². The molecule has 30 heavy (non-hydrogen) atoms. The van der Waals surface area contributed by atoms with Crippen LogP contribution in [0, 0.1) is 23.2 Å². The van der Waals surface area contributed by atoms with Gasteiger partial charge >= 0.3 is 5.97 Å². The van der Waals surface area contributed by atoms with E-state index in [2.05, 4.69) is 0 Å². The number of nitrogens with zero attached hydrogens (tertiary/aromatic N) is 1. The number of carbonyl (C=O) groups excluding carboxylic acids is 2. The van der Waals surface area contributed by atoms with Gasteiger partial charge in [0.15, 0.2) is 11.9 Å². The maximum Gasteiger partial charge on any atom is 0.306 e. The molecule has 0 aliphatic heterocycles. The summed E-state index contributed by atoms with van der Waals surface area (Å²) in [6, 6.07) is 3.27. The molecule has 166 valence electrons. The van der Waals surface area contributed by atoms with E-state index in [1.165, 1.54) is 42.0 Å². The average Bonchev–Trinajstić information content (AvgIpc) is 3.21. The topological polar surface area (TPSA) is 80.8 Å². The molecule has 4 saturated carbocycles. The fraction of sp³-hybridized carbons (Fsp3) is 0.727. The number of carbonyl (C=O) groups is 2. The molecule has 0 N–H and O–H groups in total. The predicted octanol–water partition coefficient (Wildman–Crippen LogP) is 3.87. The van der Waals surface area contributed by atoms with Crippen LogP contribution in [0.4, 0.5) is 0 Å². The average molecular weight is 454 g/mol. The van der Waals surface area contributed by atoms with Crippen LogP contribution in [0.15, 0.2) is 21.7 Å². The SMILES string of the molecule is C[C@@H](OC(=O)CCCN(C)S(=O)(=O)c1cccs1)C(=O)C12CC3CC(CC(C3)C1)C2. The maximum absolute atomic E-state index is 13.2. The normalized spacial score (nSPS) is 31.1. The molecule has 1 heterocycles. The lowest BCUT2D eigenvalue weighted by Crippen LogP contribution is -2.52. The Hall–Kier alpha value is -1.25. The van der Waals surface area contributed by atoms with Crippen LogP contribution in [-0.2, 0) is 24.3 Å². The number of esters is 1. The monoisotopic (exact) mass is 453 g/mol. The summed E-state index contributed by atoms with van der Waals surface area (Å²) in [6.07, 6.45) is 6.43. The molecule has 4 aliphatic rings. The summed E-state index contributed by atoms with van der Waals surface area (Å²) >= 11 is 1.17. The fourth-order valence-corrected chi connectivity index (χ4v) is 8.69. The molecule has 1 aromatic rings. The third-order valence-corrected chi connectivity index (χ3v) is 10.5. The van der Waals surface area contributed by atoms with E-state index in [4.69, 9.17) is 4.74 Å². The second kappa shape index (κ2) is 8.36. The highest BCUT2D eigenvalue weighted by Crippen LogP contribution is 2.60. The van der Waals surface area contributed by atoms with Crippen LogP contribution in [0.5, 0.6) is 0 Å². The zero-order chi connectivity index (χ0) is 21.5. The van der Waals surface area contributed by atoms with Gasteiger partial charge < -0.3 is 4.74 Å². The Morgan fingerprint density at radius 3 is 2.33 bits per heavy atom. The maximum atomic E-state index is 13.2. The van der Waals surface area contributed by atoms with Gasteiger partial charge in [-0.05, 0) is 81.1 Å². The Bertz CT molecular complexity index is 857. The van der Waals surface area contributed by atoms with Crippen LogP contribution in [0.2, 0.25) is 0 Å². The zero-order valence-electron chi connectivity index (χ0n) is 17.7. The molecule has 1 atom stereocenters. The number of thiophene rings is 1. The van der Waals surface area contributed by atoms with Gasteiger partial charge in [-0.1, -0.05) is 6.07 Å². The van der Waals surface area contributed by atoms with Crippen molar-refractivity contribution >= 4 is 33.1 Å². The van der Waals surface area contributed by atoms with Crippen molar-refractivity contribution in [1.29, 1.82) is 0 Å². The highest BCUT2D eigenvalue weighted by Gasteiger charge is 2.55. The van der Waals surface area contributed by atoms with Crippen LogP contribution in [0.3, 0.4) is 0 Å². The van der Waals surface area contributed by atoms with Crippen LogP contribution in [0.1, 0.15) is 58.3 Å². The molecule has 1 aromatic heterocycles. The standard InChI is InChI=1S/C22H31NO5S2/c1-15(21(25)22-12-16-9-17(13-22)11-18(10-16)14-22)28-19(24)5-3-7-23(2)30(26,27)20-6-4-8-29-20/h4,6,8,15-18H,3,5,7,9-14H2,1-2H3/t15-,16?,17?,18?,22?/m1/s1. The molecule has 4 fully saturated rings. The first-order valence-electron chi connectivity index (χ1n) is 10.9. The van der Waals surface area contributed by atoms with E-state index in [1.54, 1.807) is 24.4 Å². The molecule has 0 unspecified atom stereocenters. The number of Topliss-reactive ketones (excluding diaryl/α,β-unsaturated/α-hetero) is 1. The molecule has 0 radical (unpaired) electrons. The van der Waals surface area contributed by atoms with Crippen molar-refractivity contribution in [1.82, 2.24) is 4.31 Å². The van der Waals surface area contributed by atoms with Crippen molar-refractivity contribution in [2.45, 2.75) is 68.6 Å². The molecule has 0 aromatic carbocycles. The number of ketones is 1. The Labute approximate surface area is 183 Å². The molecule has 4 bridgehead atoms. The summed E-state index contributed by atoms with van der Waals surface area (Å²) in [6.45, 7) is 1.93. The highest BCUT2D eigenvalue weighted by atomic mass is 32.2. The molecular weight excluding hydrogens is 422 g/mol. The second-order valence-electron chi connectivity index (χ2n) is 9.56.